The summed E-state index contributed by atoms with van der Waals surface area (Å²) in [6, 6.07) is 6.47. The second kappa shape index (κ2) is 8.51. The summed E-state index contributed by atoms with van der Waals surface area (Å²) in [5.41, 5.74) is 7.32. The van der Waals surface area contributed by atoms with E-state index in [1.54, 1.807) is 43.5 Å². The molecule has 1 aliphatic carbocycles. The number of hydrogen-bond donors (Lipinski definition) is 2. The number of nitrogens with one attached hydrogen (secondary N) is 1. The molecule has 10 heteroatoms. The van der Waals surface area contributed by atoms with E-state index in [1.165, 1.54) is 13.2 Å². The molecule has 8 nitrogen and oxygen atoms in total. The largest absolute Gasteiger partial charge is 0.412 e. The van der Waals surface area contributed by atoms with Crippen molar-refractivity contribution < 1.29 is 9.63 Å². The molecule has 0 aliphatic heterocycles. The summed E-state index contributed by atoms with van der Waals surface area (Å²) in [6.45, 7) is 0. The van der Waals surface area contributed by atoms with Crippen molar-refractivity contribution in [1.82, 2.24) is 20.0 Å². The van der Waals surface area contributed by atoms with E-state index < -0.39 is 11.5 Å². The van der Waals surface area contributed by atoms with Crippen LogP contribution in [0.3, 0.4) is 0 Å². The molecule has 3 N–H and O–H groups in total. The van der Waals surface area contributed by atoms with Crippen LogP contribution in [-0.4, -0.2) is 34.8 Å². The van der Waals surface area contributed by atoms with Gasteiger partial charge in [0, 0.05) is 18.3 Å². The number of halogens is 2. The molecule has 4 rings (SSSR count). The fourth-order valence-electron chi connectivity index (χ4n) is 3.61. The summed E-state index contributed by atoms with van der Waals surface area (Å²) < 4.78 is 0.998. The Labute approximate surface area is 192 Å². The number of rotatable bonds is 4. The number of hydrogen-bond acceptors (Lipinski definition) is 7. The Hall–Kier alpha value is -3.58. The van der Waals surface area contributed by atoms with Crippen LogP contribution in [0.4, 0.5) is 5.82 Å². The lowest BCUT2D eigenvalue weighted by atomic mass is 9.92. The highest BCUT2D eigenvalue weighted by Gasteiger charge is 2.26. The quantitative estimate of drug-likeness (QED) is 0.564. The second-order valence-electron chi connectivity index (χ2n) is 6.85. The number of benzene rings is 1. The van der Waals surface area contributed by atoms with Gasteiger partial charge in [0.25, 0.3) is 5.56 Å². The van der Waals surface area contributed by atoms with E-state index in [4.69, 9.17) is 33.8 Å². The summed E-state index contributed by atoms with van der Waals surface area (Å²) >= 11 is 12.6. The average Bonchev–Trinajstić information content (AvgIpc) is 2.78. The van der Waals surface area contributed by atoms with Crippen LogP contribution in [0.15, 0.2) is 58.6 Å². The number of nitrogen functional groups attached to an aromatic ring is 1. The molecule has 0 saturated heterocycles. The standard InChI is InChI=1S/C22H17Cl2N5O3/c1-26-17-8-3-5-11(14(17)10-30)20-27-19(25)13-9-12(18-15(23)6-4-7-16(18)24)22(31)29(32-2)21(13)28-20/h3-9,11,26H,1-2H3,(H2,25,27,28). The van der Waals surface area contributed by atoms with Gasteiger partial charge in [-0.2, -0.15) is 0 Å². The molecule has 0 saturated carbocycles. The number of anilines is 1. The molecule has 0 amide bonds. The number of likely N-dealkylation sites (N-methyl/N-ethyl adjacent to an activating group) is 1. The minimum atomic E-state index is -0.607. The molecule has 1 aromatic carbocycles. The van der Waals surface area contributed by atoms with Crippen molar-refractivity contribution in [3.8, 4) is 11.1 Å². The van der Waals surface area contributed by atoms with Crippen molar-refractivity contribution in [3.63, 3.8) is 0 Å². The van der Waals surface area contributed by atoms with Gasteiger partial charge in [0.15, 0.2) is 5.65 Å². The van der Waals surface area contributed by atoms with Crippen LogP contribution >= 0.6 is 23.2 Å². The maximum atomic E-state index is 13.3. The maximum absolute atomic E-state index is 13.3. The number of aromatic nitrogens is 3. The van der Waals surface area contributed by atoms with E-state index in [9.17, 15) is 9.59 Å². The first-order valence-corrected chi connectivity index (χ1v) is 10.2. The maximum Gasteiger partial charge on any atom is 0.293 e. The first kappa shape index (κ1) is 21.6. The number of fused-ring (bicyclic) bond motifs is 1. The Morgan fingerprint density at radius 2 is 1.97 bits per heavy atom. The predicted octanol–water partition coefficient (Wildman–Crippen LogP) is 2.92. The summed E-state index contributed by atoms with van der Waals surface area (Å²) in [7, 11) is 3.02. The smallest absolute Gasteiger partial charge is 0.293 e. The third-order valence-corrected chi connectivity index (χ3v) is 5.74. The van der Waals surface area contributed by atoms with Crippen molar-refractivity contribution in [1.29, 1.82) is 0 Å². The van der Waals surface area contributed by atoms with E-state index in [0.29, 0.717) is 32.3 Å². The fourth-order valence-corrected chi connectivity index (χ4v) is 4.21. The fraction of sp³-hybridized carbons (Fsp3) is 0.136. The van der Waals surface area contributed by atoms with Gasteiger partial charge in [-0.1, -0.05) is 41.4 Å². The summed E-state index contributed by atoms with van der Waals surface area (Å²) in [6.07, 6.45) is 5.26. The van der Waals surface area contributed by atoms with Crippen LogP contribution in [0.5, 0.6) is 0 Å². The molecular formula is C22H17Cl2N5O3. The van der Waals surface area contributed by atoms with E-state index in [2.05, 4.69) is 15.3 Å². The van der Waals surface area contributed by atoms with E-state index >= 15 is 0 Å². The number of pyridine rings is 1. The van der Waals surface area contributed by atoms with Crippen LogP contribution < -0.4 is 21.4 Å². The van der Waals surface area contributed by atoms with Gasteiger partial charge in [-0.3, -0.25) is 4.79 Å². The van der Waals surface area contributed by atoms with Crippen molar-refractivity contribution >= 4 is 46.0 Å². The Morgan fingerprint density at radius 1 is 1.25 bits per heavy atom. The molecule has 1 atom stereocenters. The molecule has 0 fully saturated rings. The lowest BCUT2D eigenvalue weighted by Gasteiger charge is -2.20. The average molecular weight is 470 g/mol. The molecule has 2 heterocycles. The molecule has 1 aliphatic rings. The molecule has 32 heavy (non-hydrogen) atoms. The first-order valence-electron chi connectivity index (χ1n) is 9.44. The zero-order chi connectivity index (χ0) is 23.0. The molecule has 3 aromatic rings. The van der Waals surface area contributed by atoms with Crippen molar-refractivity contribution in [2.24, 2.45) is 0 Å². The first-order chi connectivity index (χ1) is 15.4. The van der Waals surface area contributed by atoms with Crippen LogP contribution in [-0.2, 0) is 4.79 Å². The van der Waals surface area contributed by atoms with Gasteiger partial charge in [0.1, 0.15) is 24.7 Å². The van der Waals surface area contributed by atoms with Crippen LogP contribution in [0.25, 0.3) is 22.2 Å². The van der Waals surface area contributed by atoms with Gasteiger partial charge < -0.3 is 15.9 Å². The zero-order valence-corrected chi connectivity index (χ0v) is 18.5. The van der Waals surface area contributed by atoms with Gasteiger partial charge >= 0.3 is 0 Å². The normalized spacial score (nSPS) is 15.4. The van der Waals surface area contributed by atoms with Gasteiger partial charge in [-0.15, -0.1) is 4.73 Å². The number of nitrogens with two attached hydrogens (primary N) is 1. The minimum absolute atomic E-state index is 0.0967. The molecule has 162 valence electrons. The molecule has 1 unspecified atom stereocenters. The topological polar surface area (TPSA) is 112 Å². The minimum Gasteiger partial charge on any atom is -0.412 e. The molecule has 0 radical (unpaired) electrons. The third kappa shape index (κ3) is 3.44. The molecule has 0 bridgehead atoms. The highest BCUT2D eigenvalue weighted by molar-refractivity contribution is 6.39. The third-order valence-electron chi connectivity index (χ3n) is 5.11. The van der Waals surface area contributed by atoms with Crippen LogP contribution in [0.2, 0.25) is 10.0 Å². The van der Waals surface area contributed by atoms with Gasteiger partial charge in [-0.25, -0.2) is 14.8 Å². The van der Waals surface area contributed by atoms with Crippen LogP contribution in [0, 0.1) is 0 Å². The van der Waals surface area contributed by atoms with E-state index in [-0.39, 0.29) is 22.9 Å². The Bertz CT molecular complexity index is 1400. The summed E-state index contributed by atoms with van der Waals surface area (Å²) in [5.74, 6) is 1.65. The van der Waals surface area contributed by atoms with Gasteiger partial charge in [-0.05, 0) is 24.3 Å². The summed E-state index contributed by atoms with van der Waals surface area (Å²) in [5, 5.41) is 3.90. The van der Waals surface area contributed by atoms with E-state index in [1.807, 2.05) is 5.94 Å². The predicted molar refractivity (Wildman–Crippen MR) is 124 cm³/mol. The van der Waals surface area contributed by atoms with Crippen molar-refractivity contribution in [2.75, 3.05) is 19.9 Å². The Morgan fingerprint density at radius 3 is 2.59 bits per heavy atom. The molecule has 0 spiro atoms. The number of nitrogens with zero attached hydrogens (tertiary/aromatic N) is 3. The highest BCUT2D eigenvalue weighted by Crippen LogP contribution is 2.35. The monoisotopic (exact) mass is 469 g/mol. The zero-order valence-electron chi connectivity index (χ0n) is 17.0. The Balaban J connectivity index is 1.99. The SMILES string of the molecule is CNC1=CC=CC(c2nc(N)c3cc(-c4c(Cl)cccc4Cl)c(=O)n(OC)c3n2)C1=C=O. The molecular weight excluding hydrogens is 453 g/mol. The van der Waals surface area contributed by atoms with Crippen LogP contribution in [0.1, 0.15) is 11.7 Å². The van der Waals surface area contributed by atoms with Crippen molar-refractivity contribution in [3.05, 3.63) is 80.0 Å². The Kier molecular flexibility index (Phi) is 5.76. The second-order valence-corrected chi connectivity index (χ2v) is 7.66. The summed E-state index contributed by atoms with van der Waals surface area (Å²) in [4.78, 5) is 39.1. The number of carbonyl (C=O) groups excluding carboxylic acids is 1. The lowest BCUT2D eigenvalue weighted by Crippen LogP contribution is -2.28. The highest BCUT2D eigenvalue weighted by atomic mass is 35.5. The molecule has 2 aromatic heterocycles. The van der Waals surface area contributed by atoms with E-state index in [0.717, 1.165) is 4.73 Å². The van der Waals surface area contributed by atoms with Gasteiger partial charge in [0.2, 0.25) is 0 Å². The van der Waals surface area contributed by atoms with Gasteiger partial charge in [0.05, 0.1) is 32.5 Å². The number of allylic oxidation sites excluding steroid dienone is 4. The lowest BCUT2D eigenvalue weighted by molar-refractivity contribution is 0.168. The van der Waals surface area contributed by atoms with Crippen molar-refractivity contribution in [2.45, 2.75) is 5.92 Å².